The van der Waals surface area contributed by atoms with Crippen LogP contribution in [-0.2, 0) is 19.2 Å². The minimum Gasteiger partial charge on any atom is -0.350 e. The third kappa shape index (κ3) is 8.32. The normalized spacial score (nSPS) is 21.7. The van der Waals surface area contributed by atoms with Gasteiger partial charge in [0, 0.05) is 26.0 Å². The van der Waals surface area contributed by atoms with Crippen molar-refractivity contribution in [3.63, 3.8) is 0 Å². The van der Waals surface area contributed by atoms with E-state index in [-0.39, 0.29) is 23.9 Å². The molecule has 12 heteroatoms. The fraction of sp³-hybridized carbons (Fsp3) is 0.792. The molecule has 1 saturated carbocycles. The molecule has 0 radical (unpaired) electrons. The summed E-state index contributed by atoms with van der Waals surface area (Å²) in [6.07, 6.45) is -3.56. The molecule has 4 atom stereocenters. The molecule has 3 N–H and O–H groups in total. The Balaban J connectivity index is 2.14. The molecule has 202 valence electrons. The lowest BCUT2D eigenvalue weighted by molar-refractivity contribution is -0.173. The molecule has 4 unspecified atom stereocenters. The summed E-state index contributed by atoms with van der Waals surface area (Å²) in [4.78, 5) is 50.2. The van der Waals surface area contributed by atoms with Gasteiger partial charge in [-0.1, -0.05) is 40.4 Å². The van der Waals surface area contributed by atoms with Crippen LogP contribution in [0.1, 0.15) is 52.9 Å². The van der Waals surface area contributed by atoms with Crippen LogP contribution in [0.2, 0.25) is 25.7 Å². The lowest BCUT2D eigenvalue weighted by Gasteiger charge is -2.32. The number of alkyl halides is 3. The second kappa shape index (κ2) is 10.5. The van der Waals surface area contributed by atoms with Crippen LogP contribution >= 0.6 is 0 Å². The van der Waals surface area contributed by atoms with Crippen molar-refractivity contribution in [3.8, 4) is 6.07 Å². The Morgan fingerprint density at radius 2 is 1.72 bits per heavy atom. The van der Waals surface area contributed by atoms with E-state index in [1.54, 1.807) is 20.8 Å². The quantitative estimate of drug-likeness (QED) is 0.374. The van der Waals surface area contributed by atoms with E-state index in [2.05, 4.69) is 16.0 Å². The van der Waals surface area contributed by atoms with E-state index in [1.807, 2.05) is 25.7 Å². The first-order valence-electron chi connectivity index (χ1n) is 12.2. The minimum atomic E-state index is -5.07. The zero-order valence-electron chi connectivity index (χ0n) is 21.8. The van der Waals surface area contributed by atoms with Crippen molar-refractivity contribution < 1.29 is 32.3 Å². The fourth-order valence-electron chi connectivity index (χ4n) is 4.54. The smallest absolute Gasteiger partial charge is 0.350 e. The molecular weight excluding hydrogens is 493 g/mol. The highest BCUT2D eigenvalue weighted by atomic mass is 28.3. The van der Waals surface area contributed by atoms with Gasteiger partial charge in [-0.05, 0) is 37.1 Å². The topological polar surface area (TPSA) is 128 Å². The predicted octanol–water partition coefficient (Wildman–Crippen LogP) is 3.06. The Bertz CT molecular complexity index is 930. The van der Waals surface area contributed by atoms with E-state index in [0.29, 0.717) is 6.42 Å². The van der Waals surface area contributed by atoms with Gasteiger partial charge < -0.3 is 16.0 Å². The molecule has 1 heterocycles. The zero-order valence-corrected chi connectivity index (χ0v) is 22.8. The van der Waals surface area contributed by atoms with Crippen LogP contribution in [0.3, 0.4) is 0 Å². The summed E-state index contributed by atoms with van der Waals surface area (Å²) in [6, 6.07) is 0.234. The van der Waals surface area contributed by atoms with E-state index < -0.39 is 67.6 Å². The second-order valence-electron chi connectivity index (χ2n) is 12.5. The third-order valence-corrected chi connectivity index (χ3v) is 8.39. The number of hydrogen-bond acceptors (Lipinski definition) is 5. The van der Waals surface area contributed by atoms with Crippen LogP contribution in [0.25, 0.3) is 0 Å². The lowest BCUT2D eigenvalue weighted by atomic mass is 9.77. The number of amides is 3. The maximum absolute atomic E-state index is 13.2. The van der Waals surface area contributed by atoms with Gasteiger partial charge in [0.15, 0.2) is 0 Å². The number of Topliss-reactive ketones (excluding diaryl/α,β-unsaturated/α-hetero) is 1. The second-order valence-corrected chi connectivity index (χ2v) is 18.0. The first-order chi connectivity index (χ1) is 16.3. The van der Waals surface area contributed by atoms with Crippen molar-refractivity contribution in [2.45, 2.75) is 102 Å². The van der Waals surface area contributed by atoms with Crippen molar-refractivity contribution in [1.29, 1.82) is 5.26 Å². The van der Waals surface area contributed by atoms with Gasteiger partial charge in [-0.2, -0.15) is 18.4 Å². The monoisotopic (exact) mass is 530 g/mol. The Morgan fingerprint density at radius 3 is 2.14 bits per heavy atom. The number of nitriles is 1. The molecule has 2 aliphatic rings. The summed E-state index contributed by atoms with van der Waals surface area (Å²) in [7, 11) is -1.98. The standard InChI is InChI=1S/C24H37F3N4O4Si/c1-22(2,3)16(10-18(32)24(25,26)27)20(34)30-17(13-36(4,5)6)21(35)29-15(12-28)9-14-11-23(7-8-23)31-19(14)33/h14-17H,7-11,13H2,1-6H3,(H,29,35)(H,30,34)(H,31,33). The molecule has 0 aromatic rings. The number of hydrogen-bond donors (Lipinski definition) is 3. The molecule has 36 heavy (non-hydrogen) atoms. The molecule has 0 aromatic heterocycles. The maximum Gasteiger partial charge on any atom is 0.449 e. The number of nitrogens with zero attached hydrogens (tertiary/aromatic N) is 1. The number of nitrogens with one attached hydrogen (secondary N) is 3. The molecular formula is C24H37F3N4O4Si. The zero-order chi connectivity index (χ0) is 27.7. The van der Waals surface area contributed by atoms with Gasteiger partial charge >= 0.3 is 6.18 Å². The highest BCUT2D eigenvalue weighted by molar-refractivity contribution is 6.76. The first kappa shape index (κ1) is 29.8. The summed E-state index contributed by atoms with van der Waals surface area (Å²) in [5.74, 6) is -5.31. The number of ketones is 1. The molecule has 1 aliphatic carbocycles. The molecule has 0 aromatic carbocycles. The van der Waals surface area contributed by atoms with Crippen molar-refractivity contribution in [3.05, 3.63) is 0 Å². The average molecular weight is 531 g/mol. The van der Waals surface area contributed by atoms with E-state index in [9.17, 15) is 37.6 Å². The molecule has 2 rings (SSSR count). The average Bonchev–Trinajstić information content (AvgIpc) is 3.37. The molecule has 1 aliphatic heterocycles. The Hall–Kier alpha value is -2.42. The molecule has 3 amide bonds. The van der Waals surface area contributed by atoms with E-state index in [1.165, 1.54) is 0 Å². The number of carbonyl (C=O) groups excluding carboxylic acids is 4. The minimum absolute atomic E-state index is 0.133. The van der Waals surface area contributed by atoms with Gasteiger partial charge in [0.1, 0.15) is 12.1 Å². The van der Waals surface area contributed by atoms with Crippen LogP contribution in [0, 0.1) is 28.6 Å². The Kier molecular flexibility index (Phi) is 8.71. The highest BCUT2D eigenvalue weighted by Gasteiger charge is 2.52. The summed E-state index contributed by atoms with van der Waals surface area (Å²) in [5, 5.41) is 17.7. The van der Waals surface area contributed by atoms with E-state index in [4.69, 9.17) is 0 Å². The third-order valence-electron chi connectivity index (χ3n) is 6.76. The van der Waals surface area contributed by atoms with Crippen LogP contribution in [-0.4, -0.2) is 55.4 Å². The molecule has 0 bridgehead atoms. The van der Waals surface area contributed by atoms with Crippen molar-refractivity contribution in [1.82, 2.24) is 16.0 Å². The lowest BCUT2D eigenvalue weighted by Crippen LogP contribution is -2.54. The molecule has 2 fully saturated rings. The van der Waals surface area contributed by atoms with Gasteiger partial charge in [0.05, 0.1) is 12.0 Å². The molecule has 1 spiro atoms. The van der Waals surface area contributed by atoms with Crippen LogP contribution < -0.4 is 16.0 Å². The largest absolute Gasteiger partial charge is 0.449 e. The summed E-state index contributed by atoms with van der Waals surface area (Å²) < 4.78 is 38.7. The van der Waals surface area contributed by atoms with Gasteiger partial charge in [-0.25, -0.2) is 0 Å². The van der Waals surface area contributed by atoms with Gasteiger partial charge in [0.25, 0.3) is 0 Å². The Morgan fingerprint density at radius 1 is 1.14 bits per heavy atom. The predicted molar refractivity (Wildman–Crippen MR) is 129 cm³/mol. The van der Waals surface area contributed by atoms with Crippen LogP contribution in [0.5, 0.6) is 0 Å². The highest BCUT2D eigenvalue weighted by Crippen LogP contribution is 2.46. The summed E-state index contributed by atoms with van der Waals surface area (Å²) >= 11 is 0. The van der Waals surface area contributed by atoms with E-state index >= 15 is 0 Å². The maximum atomic E-state index is 13.2. The van der Waals surface area contributed by atoms with Crippen molar-refractivity contribution in [2.75, 3.05) is 0 Å². The molecule has 1 saturated heterocycles. The van der Waals surface area contributed by atoms with Gasteiger partial charge in [-0.15, -0.1) is 0 Å². The number of carbonyl (C=O) groups is 4. The summed E-state index contributed by atoms with van der Waals surface area (Å²) in [5.41, 5.74) is -1.15. The number of rotatable bonds is 10. The van der Waals surface area contributed by atoms with Gasteiger partial charge in [0.2, 0.25) is 23.5 Å². The summed E-state index contributed by atoms with van der Waals surface area (Å²) in [6.45, 7) is 10.6. The van der Waals surface area contributed by atoms with Crippen LogP contribution in [0.15, 0.2) is 0 Å². The Labute approximate surface area is 211 Å². The SMILES string of the molecule is CC(C)(C)C(CC(=O)C(F)(F)F)C(=O)NC(C[Si](C)(C)C)C(=O)NC(C#N)CC1CC2(CC2)NC1=O. The molecule has 8 nitrogen and oxygen atoms in total. The van der Waals surface area contributed by atoms with Crippen molar-refractivity contribution in [2.24, 2.45) is 17.3 Å². The van der Waals surface area contributed by atoms with E-state index in [0.717, 1.165) is 12.8 Å². The van der Waals surface area contributed by atoms with Crippen molar-refractivity contribution >= 4 is 31.6 Å². The first-order valence-corrected chi connectivity index (χ1v) is 15.9. The number of halogens is 3. The fourth-order valence-corrected chi connectivity index (χ4v) is 6.05. The van der Waals surface area contributed by atoms with Crippen LogP contribution in [0.4, 0.5) is 13.2 Å². The van der Waals surface area contributed by atoms with Gasteiger partial charge in [-0.3, -0.25) is 19.2 Å².